The van der Waals surface area contributed by atoms with E-state index in [0.717, 1.165) is 25.9 Å². The summed E-state index contributed by atoms with van der Waals surface area (Å²) in [4.78, 5) is 11.8. The molecule has 0 bridgehead atoms. The number of ether oxygens (including phenoxy) is 1. The van der Waals surface area contributed by atoms with Crippen LogP contribution in [0.3, 0.4) is 0 Å². The average Bonchev–Trinajstić information content (AvgIpc) is 2.18. The Bertz CT molecular complexity index is 164. The van der Waals surface area contributed by atoms with Crippen molar-refractivity contribution in [1.29, 1.82) is 0 Å². The summed E-state index contributed by atoms with van der Waals surface area (Å²) in [6.45, 7) is 3.99. The Balaban J connectivity index is 2.36. The number of nitrogens with two attached hydrogens (primary N) is 1. The Labute approximate surface area is 79.6 Å². The molecule has 2 atom stereocenters. The van der Waals surface area contributed by atoms with Crippen LogP contribution in [0.4, 0.5) is 0 Å². The highest BCUT2D eigenvalue weighted by Crippen LogP contribution is 2.19. The number of rotatable bonds is 4. The van der Waals surface area contributed by atoms with Gasteiger partial charge < -0.3 is 10.5 Å². The predicted molar refractivity (Wildman–Crippen MR) is 51.4 cm³/mol. The number of ketones is 1. The first-order chi connectivity index (χ1) is 6.25. The van der Waals surface area contributed by atoms with Gasteiger partial charge in [-0.1, -0.05) is 6.92 Å². The fourth-order valence-electron chi connectivity index (χ4n) is 1.76. The summed E-state index contributed by atoms with van der Waals surface area (Å²) in [7, 11) is 0. The summed E-state index contributed by atoms with van der Waals surface area (Å²) in [6.07, 6.45) is 2.81. The molecule has 1 aliphatic rings. The minimum Gasteiger partial charge on any atom is -0.381 e. The fourth-order valence-corrected chi connectivity index (χ4v) is 1.76. The summed E-state index contributed by atoms with van der Waals surface area (Å²) in [5.41, 5.74) is 5.41. The van der Waals surface area contributed by atoms with E-state index in [1.165, 1.54) is 0 Å². The largest absolute Gasteiger partial charge is 0.381 e. The maximum absolute atomic E-state index is 11.8. The lowest BCUT2D eigenvalue weighted by molar-refractivity contribution is -0.130. The fraction of sp³-hybridized carbons (Fsp3) is 0.900. The van der Waals surface area contributed by atoms with E-state index in [9.17, 15) is 4.79 Å². The van der Waals surface area contributed by atoms with Crippen molar-refractivity contribution < 1.29 is 9.53 Å². The van der Waals surface area contributed by atoms with E-state index < -0.39 is 0 Å². The third-order valence-corrected chi connectivity index (χ3v) is 2.65. The molecule has 0 aromatic rings. The molecule has 0 amide bonds. The van der Waals surface area contributed by atoms with Crippen LogP contribution in [0.25, 0.3) is 0 Å². The summed E-state index contributed by atoms with van der Waals surface area (Å²) < 4.78 is 5.28. The van der Waals surface area contributed by atoms with Crippen molar-refractivity contribution in [2.45, 2.75) is 26.2 Å². The van der Waals surface area contributed by atoms with Crippen molar-refractivity contribution in [3.63, 3.8) is 0 Å². The van der Waals surface area contributed by atoms with Gasteiger partial charge in [0.25, 0.3) is 0 Å². The minimum absolute atomic E-state index is 0.108. The number of carbonyl (C=O) groups excluding carboxylic acids is 1. The topological polar surface area (TPSA) is 52.3 Å². The Morgan fingerprint density at radius 1 is 1.69 bits per heavy atom. The lowest BCUT2D eigenvalue weighted by Gasteiger charge is -2.23. The normalized spacial score (nSPS) is 25.5. The highest BCUT2D eigenvalue weighted by atomic mass is 16.5. The summed E-state index contributed by atoms with van der Waals surface area (Å²) in [5, 5.41) is 0. The lowest BCUT2D eigenvalue weighted by Crippen LogP contribution is -2.30. The molecular formula is C10H19NO2. The molecule has 0 spiro atoms. The van der Waals surface area contributed by atoms with Crippen LogP contribution in [0.1, 0.15) is 26.2 Å². The molecular weight excluding hydrogens is 166 g/mol. The van der Waals surface area contributed by atoms with E-state index in [-0.39, 0.29) is 11.8 Å². The Kier molecular flexibility index (Phi) is 4.39. The Hall–Kier alpha value is -0.410. The zero-order valence-corrected chi connectivity index (χ0v) is 8.29. The summed E-state index contributed by atoms with van der Waals surface area (Å²) in [5.74, 6) is 0.581. The van der Waals surface area contributed by atoms with E-state index >= 15 is 0 Å². The number of carbonyl (C=O) groups is 1. The van der Waals surface area contributed by atoms with Crippen molar-refractivity contribution in [1.82, 2.24) is 0 Å². The summed E-state index contributed by atoms with van der Waals surface area (Å²) in [6, 6.07) is 0. The van der Waals surface area contributed by atoms with Crippen LogP contribution in [-0.2, 0) is 9.53 Å². The number of hydrogen-bond donors (Lipinski definition) is 1. The van der Waals surface area contributed by atoms with Crippen LogP contribution in [-0.4, -0.2) is 25.5 Å². The molecule has 76 valence electrons. The van der Waals surface area contributed by atoms with Gasteiger partial charge in [-0.3, -0.25) is 4.79 Å². The van der Waals surface area contributed by atoms with E-state index in [4.69, 9.17) is 10.5 Å². The summed E-state index contributed by atoms with van der Waals surface area (Å²) >= 11 is 0. The number of hydrogen-bond acceptors (Lipinski definition) is 3. The molecule has 0 radical (unpaired) electrons. The predicted octanol–water partition coefficient (Wildman–Crippen LogP) is 0.967. The third kappa shape index (κ3) is 3.08. The second-order valence-corrected chi connectivity index (χ2v) is 3.79. The van der Waals surface area contributed by atoms with Crippen molar-refractivity contribution >= 4 is 5.78 Å². The van der Waals surface area contributed by atoms with Crippen molar-refractivity contribution in [2.24, 2.45) is 17.6 Å². The molecule has 3 nitrogen and oxygen atoms in total. The maximum atomic E-state index is 11.8. The van der Waals surface area contributed by atoms with Gasteiger partial charge in [0.2, 0.25) is 0 Å². The smallest absolute Gasteiger partial charge is 0.141 e. The molecule has 0 aliphatic carbocycles. The maximum Gasteiger partial charge on any atom is 0.141 e. The van der Waals surface area contributed by atoms with Gasteiger partial charge in [0.15, 0.2) is 0 Å². The standard InChI is InChI=1S/C10H19NO2/c1-8(4-5-11)10(12)9-3-2-6-13-7-9/h8-9H,2-7,11H2,1H3. The molecule has 2 N–H and O–H groups in total. The monoisotopic (exact) mass is 185 g/mol. The van der Waals surface area contributed by atoms with Crippen LogP contribution >= 0.6 is 0 Å². The van der Waals surface area contributed by atoms with Crippen LogP contribution in [0.5, 0.6) is 0 Å². The van der Waals surface area contributed by atoms with Crippen LogP contribution in [0.2, 0.25) is 0 Å². The van der Waals surface area contributed by atoms with Crippen molar-refractivity contribution in [2.75, 3.05) is 19.8 Å². The molecule has 1 aliphatic heterocycles. The van der Waals surface area contributed by atoms with E-state index in [1.807, 2.05) is 6.92 Å². The molecule has 3 heteroatoms. The first-order valence-electron chi connectivity index (χ1n) is 5.07. The molecule has 1 saturated heterocycles. The Morgan fingerprint density at radius 2 is 2.46 bits per heavy atom. The second kappa shape index (κ2) is 5.35. The third-order valence-electron chi connectivity index (χ3n) is 2.65. The van der Waals surface area contributed by atoms with Gasteiger partial charge in [0.05, 0.1) is 6.61 Å². The Morgan fingerprint density at radius 3 is 3.00 bits per heavy atom. The molecule has 1 fully saturated rings. The van der Waals surface area contributed by atoms with Crippen LogP contribution in [0, 0.1) is 11.8 Å². The van der Waals surface area contributed by atoms with Gasteiger partial charge in [-0.25, -0.2) is 0 Å². The molecule has 0 aromatic heterocycles. The van der Waals surface area contributed by atoms with Gasteiger partial charge in [-0.2, -0.15) is 0 Å². The first-order valence-corrected chi connectivity index (χ1v) is 5.07. The van der Waals surface area contributed by atoms with E-state index in [1.54, 1.807) is 0 Å². The quantitative estimate of drug-likeness (QED) is 0.710. The molecule has 0 saturated carbocycles. The van der Waals surface area contributed by atoms with Crippen LogP contribution < -0.4 is 5.73 Å². The first kappa shape index (κ1) is 10.7. The molecule has 2 unspecified atom stereocenters. The second-order valence-electron chi connectivity index (χ2n) is 3.79. The van der Waals surface area contributed by atoms with Gasteiger partial charge in [0, 0.05) is 18.4 Å². The number of Topliss-reactive ketones (excluding diaryl/α,β-unsaturated/α-hetero) is 1. The van der Waals surface area contributed by atoms with Crippen molar-refractivity contribution in [3.05, 3.63) is 0 Å². The molecule has 0 aromatic carbocycles. The minimum atomic E-state index is 0.108. The van der Waals surface area contributed by atoms with E-state index in [0.29, 0.717) is 18.9 Å². The molecule has 1 heterocycles. The lowest BCUT2D eigenvalue weighted by atomic mass is 9.88. The zero-order valence-electron chi connectivity index (χ0n) is 8.29. The van der Waals surface area contributed by atoms with E-state index in [2.05, 4.69) is 0 Å². The highest BCUT2D eigenvalue weighted by Gasteiger charge is 2.25. The zero-order chi connectivity index (χ0) is 9.68. The molecule has 1 rings (SSSR count). The average molecular weight is 185 g/mol. The molecule has 13 heavy (non-hydrogen) atoms. The van der Waals surface area contributed by atoms with Gasteiger partial charge in [0.1, 0.15) is 5.78 Å². The highest BCUT2D eigenvalue weighted by molar-refractivity contribution is 5.83. The van der Waals surface area contributed by atoms with Gasteiger partial charge in [-0.15, -0.1) is 0 Å². The SMILES string of the molecule is CC(CCN)C(=O)C1CCCOC1. The van der Waals surface area contributed by atoms with Gasteiger partial charge in [-0.05, 0) is 25.8 Å². The van der Waals surface area contributed by atoms with Crippen LogP contribution in [0.15, 0.2) is 0 Å². The van der Waals surface area contributed by atoms with Crippen molar-refractivity contribution in [3.8, 4) is 0 Å². The van der Waals surface area contributed by atoms with Gasteiger partial charge >= 0.3 is 0 Å².